The molecule has 15 heavy (non-hydrogen) atoms. The van der Waals surface area contributed by atoms with Gasteiger partial charge in [-0.15, -0.1) is 5.10 Å². The number of carbonyl (C=O) groups is 1. The summed E-state index contributed by atoms with van der Waals surface area (Å²) in [5.74, 6) is 0.376. The minimum absolute atomic E-state index is 0.142. The second-order valence-electron chi connectivity index (χ2n) is 3.68. The van der Waals surface area contributed by atoms with Crippen molar-refractivity contribution in [2.45, 2.75) is 46.5 Å². The van der Waals surface area contributed by atoms with Crippen molar-refractivity contribution in [1.29, 1.82) is 0 Å². The molecule has 0 saturated carbocycles. The lowest BCUT2D eigenvalue weighted by atomic mass is 9.96. The minimum Gasteiger partial charge on any atom is -0.293 e. The Morgan fingerprint density at radius 1 is 1.33 bits per heavy atom. The summed E-state index contributed by atoms with van der Waals surface area (Å²) in [6.07, 6.45) is 3.67. The summed E-state index contributed by atoms with van der Waals surface area (Å²) in [6.45, 7) is 6.20. The minimum atomic E-state index is 0.142. The molecule has 0 N–H and O–H groups in total. The number of ketones is 1. The maximum Gasteiger partial charge on any atom is 0.179 e. The third kappa shape index (κ3) is 2.84. The van der Waals surface area contributed by atoms with Crippen molar-refractivity contribution in [1.82, 2.24) is 9.59 Å². The van der Waals surface area contributed by atoms with E-state index < -0.39 is 0 Å². The summed E-state index contributed by atoms with van der Waals surface area (Å²) in [5.41, 5.74) is 0.888. The van der Waals surface area contributed by atoms with Gasteiger partial charge in [-0.2, -0.15) is 0 Å². The zero-order valence-corrected chi connectivity index (χ0v) is 10.4. The Bertz CT molecular complexity index is 318. The molecule has 0 amide bonds. The van der Waals surface area contributed by atoms with E-state index in [1.54, 1.807) is 0 Å². The fraction of sp³-hybridized carbons (Fsp3) is 0.727. The quantitative estimate of drug-likeness (QED) is 0.700. The van der Waals surface area contributed by atoms with Crippen LogP contribution in [-0.2, 0) is 6.42 Å². The van der Waals surface area contributed by atoms with Gasteiger partial charge in [-0.1, -0.05) is 31.7 Å². The second-order valence-corrected chi connectivity index (χ2v) is 4.43. The molecule has 0 fully saturated rings. The summed E-state index contributed by atoms with van der Waals surface area (Å²) in [7, 11) is 0. The summed E-state index contributed by atoms with van der Waals surface area (Å²) in [6, 6.07) is 0. The fourth-order valence-electron chi connectivity index (χ4n) is 1.64. The van der Waals surface area contributed by atoms with Gasteiger partial charge in [0.25, 0.3) is 0 Å². The Balaban J connectivity index is 2.84. The number of carbonyl (C=O) groups excluding carboxylic acids is 1. The van der Waals surface area contributed by atoms with Gasteiger partial charge >= 0.3 is 0 Å². The van der Waals surface area contributed by atoms with Crippen molar-refractivity contribution in [2.75, 3.05) is 0 Å². The van der Waals surface area contributed by atoms with E-state index in [1.807, 2.05) is 0 Å². The molecule has 3 nitrogen and oxygen atoms in total. The topological polar surface area (TPSA) is 42.9 Å². The Morgan fingerprint density at radius 3 is 2.53 bits per heavy atom. The average molecular weight is 226 g/mol. The third-order valence-electron chi connectivity index (χ3n) is 2.62. The van der Waals surface area contributed by atoms with Crippen LogP contribution in [0.2, 0.25) is 0 Å². The van der Waals surface area contributed by atoms with Crippen molar-refractivity contribution in [3.8, 4) is 0 Å². The predicted octanol–water partition coefficient (Wildman–Crippen LogP) is 3.11. The molecule has 0 aliphatic rings. The highest BCUT2D eigenvalue weighted by Crippen LogP contribution is 2.21. The van der Waals surface area contributed by atoms with Crippen LogP contribution >= 0.6 is 11.5 Å². The summed E-state index contributed by atoms with van der Waals surface area (Å²) in [5, 5.41) is 4.03. The first kappa shape index (κ1) is 12.3. The third-order valence-corrected chi connectivity index (χ3v) is 3.41. The molecule has 1 heterocycles. The van der Waals surface area contributed by atoms with Crippen molar-refractivity contribution in [2.24, 2.45) is 5.92 Å². The van der Waals surface area contributed by atoms with Crippen LogP contribution in [0.1, 0.15) is 55.4 Å². The number of nitrogens with zero attached hydrogens (tertiary/aromatic N) is 2. The molecular formula is C11H18N2OS. The van der Waals surface area contributed by atoms with E-state index in [0.29, 0.717) is 0 Å². The van der Waals surface area contributed by atoms with Gasteiger partial charge in [-0.05, 0) is 30.8 Å². The Labute approximate surface area is 95.1 Å². The molecule has 84 valence electrons. The van der Waals surface area contributed by atoms with Crippen molar-refractivity contribution in [3.05, 3.63) is 10.6 Å². The molecule has 0 atom stereocenters. The lowest BCUT2D eigenvalue weighted by molar-refractivity contribution is 0.0916. The molecule has 0 aliphatic carbocycles. The van der Waals surface area contributed by atoms with Crippen LogP contribution in [0.5, 0.6) is 0 Å². The molecule has 0 saturated heterocycles. The normalized spacial score (nSPS) is 10.9. The molecule has 0 bridgehead atoms. The zero-order chi connectivity index (χ0) is 11.3. The lowest BCUT2D eigenvalue weighted by Crippen LogP contribution is -2.13. The molecule has 0 aliphatic heterocycles. The Kier molecular flexibility index (Phi) is 4.88. The number of hydrogen-bond acceptors (Lipinski definition) is 4. The molecule has 4 heteroatoms. The fourth-order valence-corrected chi connectivity index (χ4v) is 2.37. The lowest BCUT2D eigenvalue weighted by Gasteiger charge is -2.09. The second kappa shape index (κ2) is 5.95. The first-order valence-corrected chi connectivity index (χ1v) is 6.37. The predicted molar refractivity (Wildman–Crippen MR) is 62.3 cm³/mol. The maximum absolute atomic E-state index is 12.1. The first-order valence-electron chi connectivity index (χ1n) is 5.59. The number of Topliss-reactive ketones (excluding diaryl/α,β-unsaturated/α-hetero) is 1. The average Bonchev–Trinajstić information content (AvgIpc) is 2.68. The van der Waals surface area contributed by atoms with Crippen LogP contribution in [-0.4, -0.2) is 15.4 Å². The van der Waals surface area contributed by atoms with E-state index in [4.69, 9.17) is 0 Å². The van der Waals surface area contributed by atoms with Gasteiger partial charge in [0.15, 0.2) is 5.78 Å². The SMILES string of the molecule is CCCc1nnsc1C(=O)C(CC)CC. The number of aromatic nitrogens is 2. The van der Waals surface area contributed by atoms with Crippen LogP contribution < -0.4 is 0 Å². The highest BCUT2D eigenvalue weighted by atomic mass is 32.1. The van der Waals surface area contributed by atoms with Gasteiger partial charge in [0.1, 0.15) is 4.88 Å². The standard InChI is InChI=1S/C11H18N2OS/c1-4-7-9-11(15-13-12-9)10(14)8(5-2)6-3/h8H,4-7H2,1-3H3. The van der Waals surface area contributed by atoms with Gasteiger partial charge < -0.3 is 0 Å². The zero-order valence-electron chi connectivity index (χ0n) is 9.62. The smallest absolute Gasteiger partial charge is 0.179 e. The van der Waals surface area contributed by atoms with Crippen LogP contribution in [0.15, 0.2) is 0 Å². The van der Waals surface area contributed by atoms with E-state index >= 15 is 0 Å². The molecule has 0 radical (unpaired) electrons. The van der Waals surface area contributed by atoms with Gasteiger partial charge in [0.2, 0.25) is 0 Å². The van der Waals surface area contributed by atoms with Crippen LogP contribution in [0.3, 0.4) is 0 Å². The highest BCUT2D eigenvalue weighted by Gasteiger charge is 2.21. The van der Waals surface area contributed by atoms with E-state index in [9.17, 15) is 4.79 Å². The Morgan fingerprint density at radius 2 is 2.00 bits per heavy atom. The van der Waals surface area contributed by atoms with Gasteiger partial charge in [-0.3, -0.25) is 4.79 Å². The number of aryl methyl sites for hydroxylation is 1. The van der Waals surface area contributed by atoms with E-state index in [-0.39, 0.29) is 11.7 Å². The first-order chi connectivity index (χ1) is 7.24. The molecule has 0 aromatic carbocycles. The number of hydrogen-bond donors (Lipinski definition) is 0. The molecule has 0 spiro atoms. The molecule has 1 aromatic rings. The van der Waals surface area contributed by atoms with Crippen LogP contribution in [0, 0.1) is 5.92 Å². The van der Waals surface area contributed by atoms with E-state index in [2.05, 4.69) is 30.4 Å². The molecule has 1 aromatic heterocycles. The highest BCUT2D eigenvalue weighted by molar-refractivity contribution is 7.08. The van der Waals surface area contributed by atoms with Crippen molar-refractivity contribution < 1.29 is 4.79 Å². The van der Waals surface area contributed by atoms with E-state index in [0.717, 1.165) is 36.3 Å². The summed E-state index contributed by atoms with van der Waals surface area (Å²) < 4.78 is 3.88. The van der Waals surface area contributed by atoms with Gasteiger partial charge in [-0.25, -0.2) is 0 Å². The summed E-state index contributed by atoms with van der Waals surface area (Å²) >= 11 is 1.25. The monoisotopic (exact) mass is 226 g/mol. The molecular weight excluding hydrogens is 208 g/mol. The largest absolute Gasteiger partial charge is 0.293 e. The summed E-state index contributed by atoms with van der Waals surface area (Å²) in [4.78, 5) is 12.9. The van der Waals surface area contributed by atoms with Gasteiger partial charge in [0, 0.05) is 5.92 Å². The number of rotatable bonds is 6. The van der Waals surface area contributed by atoms with Crippen molar-refractivity contribution >= 4 is 17.3 Å². The van der Waals surface area contributed by atoms with Crippen LogP contribution in [0.4, 0.5) is 0 Å². The van der Waals surface area contributed by atoms with Crippen LogP contribution in [0.25, 0.3) is 0 Å². The van der Waals surface area contributed by atoms with E-state index in [1.165, 1.54) is 11.5 Å². The molecule has 0 unspecified atom stereocenters. The maximum atomic E-state index is 12.1. The molecule has 1 rings (SSSR count). The van der Waals surface area contributed by atoms with Gasteiger partial charge in [0.05, 0.1) is 5.69 Å². The Hall–Kier alpha value is -0.770. The van der Waals surface area contributed by atoms with Crippen molar-refractivity contribution in [3.63, 3.8) is 0 Å².